The summed E-state index contributed by atoms with van der Waals surface area (Å²) >= 11 is 4.76. The Bertz CT molecular complexity index is 654. The maximum absolute atomic E-state index is 12.1. The van der Waals surface area contributed by atoms with Crippen molar-refractivity contribution in [1.82, 2.24) is 25.5 Å². The Balaban J connectivity index is 1.57. The molecule has 1 amide bonds. The van der Waals surface area contributed by atoms with E-state index in [-0.39, 0.29) is 5.91 Å². The molecule has 0 bridgehead atoms. The molecule has 0 unspecified atom stereocenters. The van der Waals surface area contributed by atoms with Crippen LogP contribution in [0, 0.1) is 0 Å². The largest absolute Gasteiger partial charge is 0.353 e. The Hall–Kier alpha value is -1.41. The third kappa shape index (κ3) is 4.54. The molecule has 1 aliphatic rings. The van der Waals surface area contributed by atoms with E-state index < -0.39 is 0 Å². The average molecular weight is 396 g/mol. The number of hydrogen-bond donors (Lipinski definition) is 1. The molecule has 1 aromatic carbocycles. The van der Waals surface area contributed by atoms with Gasteiger partial charge in [-0.2, -0.15) is 4.68 Å². The first-order valence-electron chi connectivity index (χ1n) is 7.69. The Morgan fingerprint density at radius 1 is 1.26 bits per heavy atom. The summed E-state index contributed by atoms with van der Waals surface area (Å²) in [5, 5.41) is 15.4. The summed E-state index contributed by atoms with van der Waals surface area (Å²) in [5.74, 6) is 0.375. The second-order valence-electron chi connectivity index (χ2n) is 5.54. The lowest BCUT2D eigenvalue weighted by molar-refractivity contribution is -0.119. The van der Waals surface area contributed by atoms with E-state index in [9.17, 15) is 4.79 Å². The molecule has 0 aliphatic heterocycles. The molecule has 1 aliphatic carbocycles. The van der Waals surface area contributed by atoms with E-state index in [0.717, 1.165) is 23.0 Å². The molecular weight excluding hydrogens is 378 g/mol. The fourth-order valence-electron chi connectivity index (χ4n) is 2.66. The normalized spacial score (nSPS) is 15.5. The molecule has 1 fully saturated rings. The molecule has 0 atom stereocenters. The van der Waals surface area contributed by atoms with Crippen LogP contribution in [0.3, 0.4) is 0 Å². The number of thioether (sulfide) groups is 1. The van der Waals surface area contributed by atoms with Crippen LogP contribution < -0.4 is 5.32 Å². The molecule has 3 rings (SSSR count). The van der Waals surface area contributed by atoms with Crippen LogP contribution in [-0.4, -0.2) is 37.9 Å². The van der Waals surface area contributed by atoms with Crippen molar-refractivity contribution >= 4 is 33.6 Å². The van der Waals surface area contributed by atoms with Gasteiger partial charge in [-0.25, -0.2) is 0 Å². The molecule has 6 nitrogen and oxygen atoms in total. The second kappa shape index (κ2) is 7.92. The first kappa shape index (κ1) is 16.4. The molecular formula is C15H18BrN5OS. The zero-order valence-electron chi connectivity index (χ0n) is 12.6. The van der Waals surface area contributed by atoms with Crippen LogP contribution in [0.25, 0.3) is 5.69 Å². The lowest BCUT2D eigenvalue weighted by Crippen LogP contribution is -2.37. The first-order valence-corrected chi connectivity index (χ1v) is 9.47. The minimum atomic E-state index is 0.0484. The molecule has 2 aromatic rings. The maximum atomic E-state index is 12.1. The van der Waals surface area contributed by atoms with Gasteiger partial charge in [-0.05, 0) is 47.5 Å². The minimum Gasteiger partial charge on any atom is -0.353 e. The summed E-state index contributed by atoms with van der Waals surface area (Å²) in [6.07, 6.45) is 5.88. The van der Waals surface area contributed by atoms with Gasteiger partial charge in [0.15, 0.2) is 0 Å². The molecule has 1 N–H and O–H groups in total. The monoisotopic (exact) mass is 395 g/mol. The van der Waals surface area contributed by atoms with Crippen molar-refractivity contribution in [2.45, 2.75) is 43.3 Å². The van der Waals surface area contributed by atoms with Gasteiger partial charge in [0, 0.05) is 10.5 Å². The van der Waals surface area contributed by atoms with Gasteiger partial charge < -0.3 is 5.32 Å². The number of halogens is 1. The van der Waals surface area contributed by atoms with E-state index in [4.69, 9.17) is 0 Å². The van der Waals surface area contributed by atoms with Gasteiger partial charge in [0.25, 0.3) is 0 Å². The van der Waals surface area contributed by atoms with Crippen LogP contribution in [0.4, 0.5) is 0 Å². The Kier molecular flexibility index (Phi) is 5.66. The number of aromatic nitrogens is 4. The SMILES string of the molecule is O=C(CSc1nnnn1-c1ccc(Br)cc1)NC1CCCCC1. The predicted molar refractivity (Wildman–Crippen MR) is 92.6 cm³/mol. The number of nitrogens with one attached hydrogen (secondary N) is 1. The van der Waals surface area contributed by atoms with Crippen LogP contribution in [0.2, 0.25) is 0 Å². The topological polar surface area (TPSA) is 72.7 Å². The molecule has 0 saturated heterocycles. The first-order chi connectivity index (χ1) is 11.2. The summed E-state index contributed by atoms with van der Waals surface area (Å²) in [7, 11) is 0. The van der Waals surface area contributed by atoms with E-state index >= 15 is 0 Å². The van der Waals surface area contributed by atoms with Gasteiger partial charge in [-0.3, -0.25) is 4.79 Å². The summed E-state index contributed by atoms with van der Waals surface area (Å²) < 4.78 is 2.64. The Morgan fingerprint density at radius 2 is 2.00 bits per heavy atom. The molecule has 1 heterocycles. The zero-order chi connectivity index (χ0) is 16.1. The highest BCUT2D eigenvalue weighted by atomic mass is 79.9. The molecule has 0 radical (unpaired) electrons. The fraction of sp³-hybridized carbons (Fsp3) is 0.467. The molecule has 122 valence electrons. The van der Waals surface area contributed by atoms with Crippen molar-refractivity contribution in [3.63, 3.8) is 0 Å². The fourth-order valence-corrected chi connectivity index (χ4v) is 3.63. The lowest BCUT2D eigenvalue weighted by Gasteiger charge is -2.22. The molecule has 8 heteroatoms. The van der Waals surface area contributed by atoms with E-state index in [1.165, 1.54) is 31.0 Å². The third-order valence-corrected chi connectivity index (χ3v) is 5.26. The summed E-state index contributed by atoms with van der Waals surface area (Å²) in [4.78, 5) is 12.1. The number of carbonyl (C=O) groups is 1. The van der Waals surface area contributed by atoms with Crippen LogP contribution in [-0.2, 0) is 4.79 Å². The van der Waals surface area contributed by atoms with Crippen molar-refractivity contribution in [2.75, 3.05) is 5.75 Å². The Labute approximate surface area is 147 Å². The van der Waals surface area contributed by atoms with Gasteiger partial charge in [0.05, 0.1) is 11.4 Å². The number of rotatable bonds is 5. The smallest absolute Gasteiger partial charge is 0.230 e. The number of carbonyl (C=O) groups excluding carboxylic acids is 1. The molecule has 23 heavy (non-hydrogen) atoms. The van der Waals surface area contributed by atoms with Crippen LogP contribution >= 0.6 is 27.7 Å². The van der Waals surface area contributed by atoms with Crippen molar-refractivity contribution in [3.8, 4) is 5.69 Å². The van der Waals surface area contributed by atoms with E-state index in [1.807, 2.05) is 24.3 Å². The third-order valence-electron chi connectivity index (χ3n) is 3.81. The van der Waals surface area contributed by atoms with E-state index in [2.05, 4.69) is 36.8 Å². The van der Waals surface area contributed by atoms with E-state index in [0.29, 0.717) is 17.0 Å². The number of tetrazole rings is 1. The predicted octanol–water partition coefficient (Wildman–Crippen LogP) is 2.97. The average Bonchev–Trinajstić information content (AvgIpc) is 3.03. The highest BCUT2D eigenvalue weighted by Crippen LogP contribution is 2.21. The second-order valence-corrected chi connectivity index (χ2v) is 7.40. The number of amides is 1. The molecule has 1 saturated carbocycles. The molecule has 1 aromatic heterocycles. The lowest BCUT2D eigenvalue weighted by atomic mass is 9.95. The maximum Gasteiger partial charge on any atom is 0.230 e. The van der Waals surface area contributed by atoms with Crippen molar-refractivity contribution in [3.05, 3.63) is 28.7 Å². The quantitative estimate of drug-likeness (QED) is 0.787. The van der Waals surface area contributed by atoms with Crippen molar-refractivity contribution in [2.24, 2.45) is 0 Å². The van der Waals surface area contributed by atoms with E-state index in [1.54, 1.807) is 4.68 Å². The van der Waals surface area contributed by atoms with Gasteiger partial charge in [0.2, 0.25) is 11.1 Å². The van der Waals surface area contributed by atoms with Crippen LogP contribution in [0.5, 0.6) is 0 Å². The minimum absolute atomic E-state index is 0.0484. The number of hydrogen-bond acceptors (Lipinski definition) is 5. The number of nitrogens with zero attached hydrogens (tertiary/aromatic N) is 4. The highest BCUT2D eigenvalue weighted by Gasteiger charge is 2.17. The summed E-state index contributed by atoms with van der Waals surface area (Å²) in [6.45, 7) is 0. The van der Waals surface area contributed by atoms with Crippen LogP contribution in [0.1, 0.15) is 32.1 Å². The van der Waals surface area contributed by atoms with Gasteiger partial charge in [-0.15, -0.1) is 5.10 Å². The van der Waals surface area contributed by atoms with Gasteiger partial charge in [0.1, 0.15) is 0 Å². The summed E-state index contributed by atoms with van der Waals surface area (Å²) in [5.41, 5.74) is 0.869. The van der Waals surface area contributed by atoms with Crippen molar-refractivity contribution < 1.29 is 4.79 Å². The highest BCUT2D eigenvalue weighted by molar-refractivity contribution is 9.10. The van der Waals surface area contributed by atoms with Crippen molar-refractivity contribution in [1.29, 1.82) is 0 Å². The standard InChI is InChI=1S/C15H18BrN5OS/c16-11-6-8-13(9-7-11)21-15(18-19-20-21)23-10-14(22)17-12-4-2-1-3-5-12/h6-9,12H,1-5,10H2,(H,17,22). The van der Waals surface area contributed by atoms with Gasteiger partial charge >= 0.3 is 0 Å². The zero-order valence-corrected chi connectivity index (χ0v) is 15.0. The Morgan fingerprint density at radius 3 is 2.74 bits per heavy atom. The van der Waals surface area contributed by atoms with Gasteiger partial charge in [-0.1, -0.05) is 47.0 Å². The number of benzene rings is 1. The molecule has 0 spiro atoms. The summed E-state index contributed by atoms with van der Waals surface area (Å²) in [6, 6.07) is 8.04. The van der Waals surface area contributed by atoms with Crippen LogP contribution in [0.15, 0.2) is 33.9 Å².